The summed E-state index contributed by atoms with van der Waals surface area (Å²) >= 11 is 0. The fraction of sp³-hybridized carbons (Fsp3) is 0.125. The van der Waals surface area contributed by atoms with Crippen molar-refractivity contribution in [3.05, 3.63) is 102 Å². The number of anilines is 1. The molecule has 0 fully saturated rings. The molecular formula is C24H21N7O2. The lowest BCUT2D eigenvalue weighted by Gasteiger charge is -2.29. The Balaban J connectivity index is 1.31. The minimum Gasteiger partial charge on any atom is -0.355 e. The largest absolute Gasteiger partial charge is 0.355 e. The highest BCUT2D eigenvalue weighted by Gasteiger charge is 2.32. The van der Waals surface area contributed by atoms with Gasteiger partial charge in [-0.3, -0.25) is 20.4 Å². The van der Waals surface area contributed by atoms with Crippen molar-refractivity contribution in [2.45, 2.75) is 12.5 Å². The fourth-order valence-corrected chi connectivity index (χ4v) is 4.04. The summed E-state index contributed by atoms with van der Waals surface area (Å²) < 4.78 is 1.49. The second-order valence-corrected chi connectivity index (χ2v) is 7.63. The third kappa shape index (κ3) is 4.16. The summed E-state index contributed by atoms with van der Waals surface area (Å²) in [5.41, 5.74) is 9.36. The third-order valence-electron chi connectivity index (χ3n) is 5.64. The molecular weight excluding hydrogens is 418 g/mol. The summed E-state index contributed by atoms with van der Waals surface area (Å²) in [5.74, 6) is -0.725. The molecule has 0 aliphatic carbocycles. The first-order valence-electron chi connectivity index (χ1n) is 10.5. The molecule has 2 heterocycles. The van der Waals surface area contributed by atoms with Crippen molar-refractivity contribution < 1.29 is 9.59 Å². The number of carbonyl (C=O) groups excluding carboxylic acids is 2. The topological polar surface area (TPSA) is 105 Å². The molecule has 0 bridgehead atoms. The van der Waals surface area contributed by atoms with Crippen LogP contribution in [-0.4, -0.2) is 38.6 Å². The van der Waals surface area contributed by atoms with Gasteiger partial charge in [-0.2, -0.15) is 0 Å². The van der Waals surface area contributed by atoms with E-state index in [2.05, 4.69) is 37.3 Å². The molecule has 1 aliphatic rings. The van der Waals surface area contributed by atoms with Crippen LogP contribution in [0.2, 0.25) is 0 Å². The summed E-state index contributed by atoms with van der Waals surface area (Å²) in [6.45, 7) is 0.721. The van der Waals surface area contributed by atoms with Gasteiger partial charge in [0.1, 0.15) is 12.4 Å². The van der Waals surface area contributed by atoms with Crippen LogP contribution in [0.3, 0.4) is 0 Å². The number of hydrogen-bond donors (Lipinski definition) is 2. The SMILES string of the molecule is O=C(NNC(=O)C(c1ccccc1)N1CCc2ccccc21)c1ccc(-n2cnnn2)cc1. The van der Waals surface area contributed by atoms with Crippen LogP contribution in [0.1, 0.15) is 27.5 Å². The maximum atomic E-state index is 13.3. The summed E-state index contributed by atoms with van der Waals surface area (Å²) in [6, 6.07) is 23.8. The van der Waals surface area contributed by atoms with Crippen LogP contribution < -0.4 is 15.8 Å². The number of amides is 2. The maximum Gasteiger partial charge on any atom is 0.269 e. The molecule has 0 saturated heterocycles. The van der Waals surface area contributed by atoms with E-state index < -0.39 is 11.9 Å². The Morgan fingerprint density at radius 1 is 0.879 bits per heavy atom. The van der Waals surface area contributed by atoms with Crippen LogP contribution in [0.15, 0.2) is 85.2 Å². The normalized spacial score (nSPS) is 13.3. The number of nitrogens with one attached hydrogen (secondary N) is 2. The van der Waals surface area contributed by atoms with Gasteiger partial charge in [0.05, 0.1) is 5.69 Å². The summed E-state index contributed by atoms with van der Waals surface area (Å²) in [4.78, 5) is 28.0. The number of hydrazine groups is 1. The van der Waals surface area contributed by atoms with Crippen molar-refractivity contribution in [3.63, 3.8) is 0 Å². The Labute approximate surface area is 190 Å². The van der Waals surface area contributed by atoms with E-state index in [1.807, 2.05) is 48.5 Å². The molecule has 1 unspecified atom stereocenters. The molecule has 0 radical (unpaired) electrons. The first kappa shape index (κ1) is 20.4. The lowest BCUT2D eigenvalue weighted by Crippen LogP contribution is -2.48. The van der Waals surface area contributed by atoms with Gasteiger partial charge in [-0.05, 0) is 58.3 Å². The standard InChI is InChI=1S/C24H21N7O2/c32-23(19-10-12-20(13-11-19)31-16-25-28-29-31)26-27-24(33)22(18-7-2-1-3-8-18)30-15-14-17-6-4-5-9-21(17)30/h1-13,16,22H,14-15H2,(H,26,32)(H,27,33). The van der Waals surface area contributed by atoms with Crippen LogP contribution in [-0.2, 0) is 11.2 Å². The molecule has 3 aromatic carbocycles. The van der Waals surface area contributed by atoms with E-state index in [1.165, 1.54) is 16.6 Å². The quantitative estimate of drug-likeness (QED) is 0.462. The van der Waals surface area contributed by atoms with Crippen molar-refractivity contribution in [2.24, 2.45) is 0 Å². The van der Waals surface area contributed by atoms with Gasteiger partial charge in [0.2, 0.25) is 0 Å². The lowest BCUT2D eigenvalue weighted by molar-refractivity contribution is -0.123. The molecule has 2 amide bonds. The van der Waals surface area contributed by atoms with Crippen LogP contribution in [0.4, 0.5) is 5.69 Å². The van der Waals surface area contributed by atoms with E-state index in [4.69, 9.17) is 0 Å². The minimum absolute atomic E-state index is 0.309. The van der Waals surface area contributed by atoms with Gasteiger partial charge in [0.15, 0.2) is 0 Å². The molecule has 0 spiro atoms. The highest BCUT2D eigenvalue weighted by atomic mass is 16.2. The summed E-state index contributed by atoms with van der Waals surface area (Å²) in [5, 5.41) is 11.0. The molecule has 0 saturated carbocycles. The van der Waals surface area contributed by atoms with Crippen molar-refractivity contribution in [1.82, 2.24) is 31.1 Å². The van der Waals surface area contributed by atoms with E-state index in [0.29, 0.717) is 5.56 Å². The van der Waals surface area contributed by atoms with Crippen molar-refractivity contribution in [3.8, 4) is 5.69 Å². The Hall–Kier alpha value is -4.53. The number of para-hydroxylation sites is 1. The van der Waals surface area contributed by atoms with Crippen molar-refractivity contribution in [1.29, 1.82) is 0 Å². The highest BCUT2D eigenvalue weighted by molar-refractivity contribution is 5.96. The number of fused-ring (bicyclic) bond motifs is 1. The predicted octanol–water partition coefficient (Wildman–Crippen LogP) is 2.23. The number of aromatic nitrogens is 4. The second-order valence-electron chi connectivity index (χ2n) is 7.63. The van der Waals surface area contributed by atoms with E-state index in [9.17, 15) is 9.59 Å². The maximum absolute atomic E-state index is 13.3. The van der Waals surface area contributed by atoms with Crippen LogP contribution in [0, 0.1) is 0 Å². The van der Waals surface area contributed by atoms with Crippen molar-refractivity contribution in [2.75, 3.05) is 11.4 Å². The third-order valence-corrected chi connectivity index (χ3v) is 5.64. The minimum atomic E-state index is -0.572. The first-order valence-corrected chi connectivity index (χ1v) is 10.5. The molecule has 9 heteroatoms. The fourth-order valence-electron chi connectivity index (χ4n) is 4.04. The van der Waals surface area contributed by atoms with Crippen LogP contribution >= 0.6 is 0 Å². The Morgan fingerprint density at radius 2 is 1.64 bits per heavy atom. The van der Waals surface area contributed by atoms with Gasteiger partial charge in [-0.25, -0.2) is 4.68 Å². The summed E-state index contributed by atoms with van der Waals surface area (Å²) in [6.07, 6.45) is 2.34. The first-order chi connectivity index (χ1) is 16.2. The average Bonchev–Trinajstić information content (AvgIpc) is 3.55. The molecule has 1 aliphatic heterocycles. The smallest absolute Gasteiger partial charge is 0.269 e. The van der Waals surface area contributed by atoms with Gasteiger partial charge in [-0.1, -0.05) is 48.5 Å². The van der Waals surface area contributed by atoms with Gasteiger partial charge in [-0.15, -0.1) is 5.10 Å². The Bertz CT molecular complexity index is 1260. The van der Waals surface area contributed by atoms with Crippen LogP contribution in [0.25, 0.3) is 5.69 Å². The van der Waals surface area contributed by atoms with E-state index in [1.54, 1.807) is 24.3 Å². The zero-order chi connectivity index (χ0) is 22.6. The lowest BCUT2D eigenvalue weighted by atomic mass is 10.0. The zero-order valence-corrected chi connectivity index (χ0v) is 17.6. The zero-order valence-electron chi connectivity index (χ0n) is 17.6. The second kappa shape index (κ2) is 8.91. The number of rotatable bonds is 5. The molecule has 1 atom stereocenters. The van der Waals surface area contributed by atoms with Gasteiger partial charge >= 0.3 is 0 Å². The predicted molar refractivity (Wildman–Crippen MR) is 121 cm³/mol. The van der Waals surface area contributed by atoms with E-state index in [0.717, 1.165) is 29.9 Å². The van der Waals surface area contributed by atoms with Gasteiger partial charge in [0.25, 0.3) is 11.8 Å². The average molecular weight is 439 g/mol. The Morgan fingerprint density at radius 3 is 2.39 bits per heavy atom. The van der Waals surface area contributed by atoms with Crippen molar-refractivity contribution >= 4 is 17.5 Å². The summed E-state index contributed by atoms with van der Waals surface area (Å²) in [7, 11) is 0. The Kier molecular flexibility index (Phi) is 5.50. The molecule has 164 valence electrons. The number of carbonyl (C=O) groups is 2. The van der Waals surface area contributed by atoms with E-state index in [-0.39, 0.29) is 5.91 Å². The number of nitrogens with zero attached hydrogens (tertiary/aromatic N) is 5. The molecule has 4 aromatic rings. The molecule has 33 heavy (non-hydrogen) atoms. The molecule has 9 nitrogen and oxygen atoms in total. The monoisotopic (exact) mass is 439 g/mol. The van der Waals surface area contributed by atoms with Gasteiger partial charge < -0.3 is 4.90 Å². The van der Waals surface area contributed by atoms with Crippen LogP contribution in [0.5, 0.6) is 0 Å². The molecule has 1 aromatic heterocycles. The highest BCUT2D eigenvalue weighted by Crippen LogP contribution is 2.35. The number of tetrazole rings is 1. The van der Waals surface area contributed by atoms with E-state index >= 15 is 0 Å². The molecule has 2 N–H and O–H groups in total. The molecule has 5 rings (SSSR count). The van der Waals surface area contributed by atoms with Gasteiger partial charge in [0, 0.05) is 17.8 Å². The number of benzene rings is 3. The number of hydrogen-bond acceptors (Lipinski definition) is 6.